The van der Waals surface area contributed by atoms with Crippen molar-refractivity contribution < 1.29 is 19.4 Å². The van der Waals surface area contributed by atoms with Crippen LogP contribution >= 0.6 is 0 Å². The summed E-state index contributed by atoms with van der Waals surface area (Å²) >= 11 is 0. The number of nitrogens with one attached hydrogen (secondary N) is 2. The van der Waals surface area contributed by atoms with Crippen molar-refractivity contribution in [3.8, 4) is 22.6 Å². The standard InChI is InChI=1S/C24H26N2O4/c1-24(28,19-14-12-18(13-15-19)17-8-5-4-6-9-17)16-25-23(27)26-20-10-7-11-21(29-2)22(20)30-3/h4-15,28H,16H2,1-3H3,(H2,25,26,27). The molecule has 0 radical (unpaired) electrons. The van der Waals surface area contributed by atoms with E-state index >= 15 is 0 Å². The van der Waals surface area contributed by atoms with Crippen LogP contribution in [-0.2, 0) is 5.60 Å². The molecule has 0 fully saturated rings. The predicted molar refractivity (Wildman–Crippen MR) is 118 cm³/mol. The van der Waals surface area contributed by atoms with Gasteiger partial charge in [0.05, 0.1) is 26.5 Å². The molecule has 0 aliphatic rings. The van der Waals surface area contributed by atoms with Crippen LogP contribution in [0.5, 0.6) is 11.5 Å². The third-order valence-corrected chi connectivity index (χ3v) is 4.86. The first-order chi connectivity index (χ1) is 14.4. The zero-order valence-corrected chi connectivity index (χ0v) is 17.3. The molecular weight excluding hydrogens is 380 g/mol. The fourth-order valence-electron chi connectivity index (χ4n) is 3.16. The van der Waals surface area contributed by atoms with E-state index in [2.05, 4.69) is 10.6 Å². The Morgan fingerprint density at radius 3 is 2.20 bits per heavy atom. The van der Waals surface area contributed by atoms with Crippen LogP contribution in [0.4, 0.5) is 10.5 Å². The highest BCUT2D eigenvalue weighted by Crippen LogP contribution is 2.34. The second-order valence-corrected chi connectivity index (χ2v) is 7.07. The van der Waals surface area contributed by atoms with Crippen molar-refractivity contribution in [2.75, 3.05) is 26.1 Å². The maximum absolute atomic E-state index is 12.4. The molecular formula is C24H26N2O4. The highest BCUT2D eigenvalue weighted by molar-refractivity contribution is 5.91. The predicted octanol–water partition coefficient (Wildman–Crippen LogP) is 4.40. The van der Waals surface area contributed by atoms with Crippen molar-refractivity contribution in [2.24, 2.45) is 0 Å². The van der Waals surface area contributed by atoms with Crippen molar-refractivity contribution in [2.45, 2.75) is 12.5 Å². The van der Waals surface area contributed by atoms with Crippen molar-refractivity contribution >= 4 is 11.7 Å². The van der Waals surface area contributed by atoms with E-state index in [-0.39, 0.29) is 6.54 Å². The minimum atomic E-state index is -1.23. The van der Waals surface area contributed by atoms with Crippen molar-refractivity contribution in [1.29, 1.82) is 0 Å². The monoisotopic (exact) mass is 406 g/mol. The number of ether oxygens (including phenoxy) is 2. The Balaban J connectivity index is 1.64. The van der Waals surface area contributed by atoms with Crippen LogP contribution in [0.1, 0.15) is 12.5 Å². The number of amides is 2. The summed E-state index contributed by atoms with van der Waals surface area (Å²) in [4.78, 5) is 12.4. The Labute approximate surface area is 176 Å². The maximum atomic E-state index is 12.4. The average molecular weight is 406 g/mol. The Hall–Kier alpha value is -3.51. The minimum Gasteiger partial charge on any atom is -0.493 e. The summed E-state index contributed by atoms with van der Waals surface area (Å²) in [5, 5.41) is 16.3. The van der Waals surface area contributed by atoms with Crippen LogP contribution in [0.15, 0.2) is 72.8 Å². The second-order valence-electron chi connectivity index (χ2n) is 7.07. The van der Waals surface area contributed by atoms with Gasteiger partial charge < -0.3 is 25.2 Å². The Morgan fingerprint density at radius 1 is 0.900 bits per heavy atom. The number of hydrogen-bond acceptors (Lipinski definition) is 4. The number of benzene rings is 3. The largest absolute Gasteiger partial charge is 0.493 e. The number of para-hydroxylation sites is 1. The number of urea groups is 1. The van der Waals surface area contributed by atoms with Crippen LogP contribution in [0.3, 0.4) is 0 Å². The molecule has 0 spiro atoms. The number of carbonyl (C=O) groups is 1. The molecule has 3 aromatic rings. The topological polar surface area (TPSA) is 79.8 Å². The SMILES string of the molecule is COc1cccc(NC(=O)NCC(C)(O)c2ccc(-c3ccccc3)cc2)c1OC. The van der Waals surface area contributed by atoms with E-state index in [1.54, 1.807) is 25.1 Å². The Kier molecular flexibility index (Phi) is 6.59. The molecule has 30 heavy (non-hydrogen) atoms. The molecule has 6 nitrogen and oxygen atoms in total. The molecule has 3 rings (SSSR count). The lowest BCUT2D eigenvalue weighted by Gasteiger charge is -2.25. The zero-order valence-electron chi connectivity index (χ0n) is 17.3. The summed E-state index contributed by atoms with van der Waals surface area (Å²) in [6.07, 6.45) is 0. The van der Waals surface area contributed by atoms with Crippen LogP contribution in [0.25, 0.3) is 11.1 Å². The maximum Gasteiger partial charge on any atom is 0.319 e. The van der Waals surface area contributed by atoms with Gasteiger partial charge in [-0.1, -0.05) is 60.7 Å². The molecule has 0 saturated heterocycles. The quantitative estimate of drug-likeness (QED) is 0.543. The normalized spacial score (nSPS) is 12.5. The van der Waals surface area contributed by atoms with E-state index in [9.17, 15) is 9.90 Å². The lowest BCUT2D eigenvalue weighted by molar-refractivity contribution is 0.0600. The molecule has 2 amide bonds. The number of methoxy groups -OCH3 is 2. The summed E-state index contributed by atoms with van der Waals surface area (Å²) in [7, 11) is 3.03. The van der Waals surface area contributed by atoms with Gasteiger partial charge in [-0.2, -0.15) is 0 Å². The van der Waals surface area contributed by atoms with Crippen molar-refractivity contribution in [3.63, 3.8) is 0 Å². The Bertz CT molecular complexity index is 986. The van der Waals surface area contributed by atoms with Gasteiger partial charge in [-0.15, -0.1) is 0 Å². The zero-order chi connectivity index (χ0) is 21.6. The molecule has 3 N–H and O–H groups in total. The molecule has 0 aromatic heterocycles. The van der Waals surface area contributed by atoms with Gasteiger partial charge in [0.1, 0.15) is 5.60 Å². The number of rotatable bonds is 7. The minimum absolute atomic E-state index is 0.0375. The van der Waals surface area contributed by atoms with Crippen molar-refractivity contribution in [1.82, 2.24) is 5.32 Å². The fourth-order valence-corrected chi connectivity index (χ4v) is 3.16. The summed E-state index contributed by atoms with van der Waals surface area (Å²) < 4.78 is 10.5. The molecule has 156 valence electrons. The summed E-state index contributed by atoms with van der Waals surface area (Å²) in [5.74, 6) is 0.944. The molecule has 1 unspecified atom stereocenters. The van der Waals surface area contributed by atoms with Crippen LogP contribution in [-0.4, -0.2) is 31.9 Å². The highest BCUT2D eigenvalue weighted by atomic mass is 16.5. The smallest absolute Gasteiger partial charge is 0.319 e. The van der Waals surface area contributed by atoms with Crippen LogP contribution in [0.2, 0.25) is 0 Å². The van der Waals surface area contributed by atoms with Crippen molar-refractivity contribution in [3.05, 3.63) is 78.4 Å². The second kappa shape index (κ2) is 9.33. The first-order valence-corrected chi connectivity index (χ1v) is 9.59. The van der Waals surface area contributed by atoms with E-state index in [0.29, 0.717) is 22.7 Å². The summed E-state index contributed by atoms with van der Waals surface area (Å²) in [5.41, 5.74) is 2.12. The Morgan fingerprint density at radius 2 is 1.57 bits per heavy atom. The number of carbonyl (C=O) groups excluding carboxylic acids is 1. The third kappa shape index (κ3) is 4.90. The van der Waals surface area contributed by atoms with E-state index in [1.807, 2.05) is 54.6 Å². The van der Waals surface area contributed by atoms with Gasteiger partial charge in [0.15, 0.2) is 11.5 Å². The fraction of sp³-hybridized carbons (Fsp3) is 0.208. The van der Waals surface area contributed by atoms with Gasteiger partial charge in [-0.3, -0.25) is 0 Å². The van der Waals surface area contributed by atoms with E-state index < -0.39 is 11.6 Å². The van der Waals surface area contributed by atoms with Gasteiger partial charge in [0.2, 0.25) is 0 Å². The molecule has 6 heteroatoms. The third-order valence-electron chi connectivity index (χ3n) is 4.86. The van der Waals surface area contributed by atoms with Gasteiger partial charge in [0.25, 0.3) is 0 Å². The number of hydrogen-bond donors (Lipinski definition) is 3. The van der Waals surface area contributed by atoms with Gasteiger partial charge in [-0.05, 0) is 35.7 Å². The van der Waals surface area contributed by atoms with Crippen LogP contribution < -0.4 is 20.1 Å². The summed E-state index contributed by atoms with van der Waals surface area (Å²) in [6.45, 7) is 1.70. The lowest BCUT2D eigenvalue weighted by atomic mass is 9.94. The summed E-state index contributed by atoms with van der Waals surface area (Å²) in [6, 6.07) is 22.4. The molecule has 0 aliphatic heterocycles. The van der Waals surface area contributed by atoms with Crippen LogP contribution in [0, 0.1) is 0 Å². The van der Waals surface area contributed by atoms with E-state index in [4.69, 9.17) is 9.47 Å². The molecule has 0 heterocycles. The molecule has 1 atom stereocenters. The molecule has 0 aliphatic carbocycles. The van der Waals surface area contributed by atoms with Gasteiger partial charge >= 0.3 is 6.03 Å². The molecule has 3 aromatic carbocycles. The first-order valence-electron chi connectivity index (χ1n) is 9.59. The lowest BCUT2D eigenvalue weighted by Crippen LogP contribution is -2.40. The van der Waals surface area contributed by atoms with E-state index in [0.717, 1.165) is 11.1 Å². The van der Waals surface area contributed by atoms with Gasteiger partial charge in [-0.25, -0.2) is 4.79 Å². The van der Waals surface area contributed by atoms with E-state index in [1.165, 1.54) is 14.2 Å². The molecule has 0 saturated carbocycles. The first kappa shape index (κ1) is 21.2. The highest BCUT2D eigenvalue weighted by Gasteiger charge is 2.24. The number of anilines is 1. The average Bonchev–Trinajstić information content (AvgIpc) is 2.78. The molecule has 0 bridgehead atoms. The van der Waals surface area contributed by atoms with Gasteiger partial charge in [0, 0.05) is 0 Å². The number of aliphatic hydroxyl groups is 1.